The number of benzene rings is 1. The lowest BCUT2D eigenvalue weighted by Crippen LogP contribution is -2.46. The molecule has 2 aromatic heterocycles. The van der Waals surface area contributed by atoms with Gasteiger partial charge in [-0.15, -0.1) is 0 Å². The number of hydrogen-bond acceptors (Lipinski definition) is 5. The summed E-state index contributed by atoms with van der Waals surface area (Å²) >= 11 is 0. The predicted molar refractivity (Wildman–Crippen MR) is 111 cm³/mol. The minimum atomic E-state index is -0.0940. The largest absolute Gasteiger partial charge is 0.338 e. The van der Waals surface area contributed by atoms with E-state index < -0.39 is 0 Å². The maximum Gasteiger partial charge on any atom is 0.271 e. The summed E-state index contributed by atoms with van der Waals surface area (Å²) in [6, 6.07) is 9.42. The first-order chi connectivity index (χ1) is 13.6. The Labute approximate surface area is 164 Å². The third-order valence-electron chi connectivity index (χ3n) is 5.44. The first-order valence-electron chi connectivity index (χ1n) is 9.76. The first kappa shape index (κ1) is 18.4. The van der Waals surface area contributed by atoms with Crippen molar-refractivity contribution in [1.29, 1.82) is 0 Å². The van der Waals surface area contributed by atoms with E-state index in [0.717, 1.165) is 66.9 Å². The Hall–Kier alpha value is -2.93. The molecule has 0 aliphatic carbocycles. The molecule has 4 rings (SSSR count). The zero-order valence-electron chi connectivity index (χ0n) is 16.6. The summed E-state index contributed by atoms with van der Waals surface area (Å²) in [6.07, 6.45) is 1.82. The molecule has 1 saturated heterocycles. The van der Waals surface area contributed by atoms with Crippen molar-refractivity contribution in [2.24, 2.45) is 0 Å². The van der Waals surface area contributed by atoms with Gasteiger partial charge in [0.25, 0.3) is 5.56 Å². The van der Waals surface area contributed by atoms with E-state index >= 15 is 0 Å². The number of aromatic amines is 1. The number of H-pyrrole nitrogens is 1. The Bertz CT molecular complexity index is 1030. The summed E-state index contributed by atoms with van der Waals surface area (Å²) in [4.78, 5) is 26.5. The van der Waals surface area contributed by atoms with Crippen LogP contribution in [0.3, 0.4) is 0 Å². The van der Waals surface area contributed by atoms with Crippen LogP contribution >= 0.6 is 0 Å². The maximum atomic E-state index is 12.5. The molecule has 0 unspecified atom stereocenters. The van der Waals surface area contributed by atoms with Gasteiger partial charge in [0.2, 0.25) is 5.95 Å². The average Bonchev–Trinajstić information content (AvgIpc) is 3.09. The highest BCUT2D eigenvalue weighted by atomic mass is 16.1. The van der Waals surface area contributed by atoms with Crippen LogP contribution in [-0.4, -0.2) is 57.4 Å². The molecule has 1 aromatic carbocycles. The van der Waals surface area contributed by atoms with Gasteiger partial charge >= 0.3 is 0 Å². The molecule has 0 saturated carbocycles. The van der Waals surface area contributed by atoms with E-state index in [1.807, 2.05) is 44.3 Å². The van der Waals surface area contributed by atoms with Crippen LogP contribution in [0.2, 0.25) is 0 Å². The number of likely N-dealkylation sites (N-methyl/N-ethyl adjacent to an activating group) is 1. The van der Waals surface area contributed by atoms with Gasteiger partial charge in [-0.2, -0.15) is 0 Å². The molecule has 7 nitrogen and oxygen atoms in total. The molecule has 0 bridgehead atoms. The number of para-hydroxylation sites is 1. The zero-order valence-corrected chi connectivity index (χ0v) is 16.6. The lowest BCUT2D eigenvalue weighted by atomic mass is 10.2. The number of piperazine rings is 1. The summed E-state index contributed by atoms with van der Waals surface area (Å²) in [5.74, 6) is 0.762. The monoisotopic (exact) mass is 378 g/mol. The zero-order chi connectivity index (χ0) is 19.7. The van der Waals surface area contributed by atoms with E-state index in [4.69, 9.17) is 4.98 Å². The first-order valence-corrected chi connectivity index (χ1v) is 9.76. The molecule has 1 aliphatic heterocycles. The number of anilines is 1. The number of nitrogens with one attached hydrogen (secondary N) is 1. The van der Waals surface area contributed by atoms with Crippen LogP contribution in [0.5, 0.6) is 0 Å². The summed E-state index contributed by atoms with van der Waals surface area (Å²) in [7, 11) is 0. The number of nitrogens with zero attached hydrogens (tertiary/aromatic N) is 5. The predicted octanol–water partition coefficient (Wildman–Crippen LogP) is 2.38. The summed E-state index contributed by atoms with van der Waals surface area (Å²) in [5, 5.41) is 3.21. The second-order valence-corrected chi connectivity index (χ2v) is 7.22. The van der Waals surface area contributed by atoms with E-state index in [2.05, 4.69) is 26.8 Å². The van der Waals surface area contributed by atoms with E-state index in [1.54, 1.807) is 10.7 Å². The Morgan fingerprint density at radius 3 is 2.54 bits per heavy atom. The van der Waals surface area contributed by atoms with E-state index in [-0.39, 0.29) is 5.56 Å². The molecule has 3 heterocycles. The van der Waals surface area contributed by atoms with Crippen LogP contribution < -0.4 is 10.5 Å². The van der Waals surface area contributed by atoms with Crippen LogP contribution in [0.1, 0.15) is 18.2 Å². The van der Waals surface area contributed by atoms with Crippen molar-refractivity contribution in [2.45, 2.75) is 20.8 Å². The topological polar surface area (TPSA) is 70.0 Å². The fraction of sp³-hybridized carbons (Fsp3) is 0.381. The summed E-state index contributed by atoms with van der Waals surface area (Å²) in [6.45, 7) is 11.2. The van der Waals surface area contributed by atoms with Crippen molar-refractivity contribution in [3.8, 4) is 16.9 Å². The Balaban J connectivity index is 1.62. The number of aryl methyl sites for hydroxylation is 2. The third-order valence-corrected chi connectivity index (χ3v) is 5.44. The quantitative estimate of drug-likeness (QED) is 0.755. The second kappa shape index (κ2) is 7.59. The van der Waals surface area contributed by atoms with Crippen molar-refractivity contribution >= 4 is 5.95 Å². The molecular formula is C21H26N6O. The van der Waals surface area contributed by atoms with Crippen molar-refractivity contribution in [1.82, 2.24) is 24.6 Å². The highest BCUT2D eigenvalue weighted by Gasteiger charge is 2.19. The van der Waals surface area contributed by atoms with Gasteiger partial charge in [0.1, 0.15) is 0 Å². The molecule has 0 atom stereocenters. The van der Waals surface area contributed by atoms with Crippen LogP contribution in [0.4, 0.5) is 5.95 Å². The average molecular weight is 378 g/mol. The Kier molecular flexibility index (Phi) is 5.00. The Morgan fingerprint density at radius 1 is 1.11 bits per heavy atom. The van der Waals surface area contributed by atoms with Crippen LogP contribution in [0.25, 0.3) is 16.9 Å². The van der Waals surface area contributed by atoms with Gasteiger partial charge in [0, 0.05) is 44.0 Å². The summed E-state index contributed by atoms with van der Waals surface area (Å²) < 4.78 is 1.57. The van der Waals surface area contributed by atoms with Crippen LogP contribution in [0.15, 0.2) is 41.3 Å². The SMILES string of the molecule is CCN1CCN(c2ncc(-c3cc(=O)n(-c4ccccc4C)[nH]3)c(C)n2)CC1. The molecular weight excluding hydrogens is 352 g/mol. The lowest BCUT2D eigenvalue weighted by molar-refractivity contribution is 0.270. The number of aromatic nitrogens is 4. The standard InChI is InChI=1S/C21H26N6O/c1-4-25-9-11-26(12-10-25)21-22-14-17(16(3)23-21)18-13-20(28)27(24-18)19-8-6-5-7-15(19)2/h5-8,13-14,24H,4,9-12H2,1-3H3. The minimum Gasteiger partial charge on any atom is -0.338 e. The molecule has 1 N–H and O–H groups in total. The van der Waals surface area contributed by atoms with Gasteiger partial charge in [-0.05, 0) is 32.0 Å². The van der Waals surface area contributed by atoms with Gasteiger partial charge in [-0.25, -0.2) is 14.6 Å². The van der Waals surface area contributed by atoms with Crippen LogP contribution in [0, 0.1) is 13.8 Å². The number of hydrogen-bond donors (Lipinski definition) is 1. The maximum absolute atomic E-state index is 12.5. The molecule has 0 spiro atoms. The molecule has 0 radical (unpaired) electrons. The fourth-order valence-electron chi connectivity index (χ4n) is 3.66. The molecule has 0 amide bonds. The highest BCUT2D eigenvalue weighted by Crippen LogP contribution is 2.22. The molecule has 7 heteroatoms. The van der Waals surface area contributed by atoms with E-state index in [1.165, 1.54) is 0 Å². The van der Waals surface area contributed by atoms with Gasteiger partial charge < -0.3 is 9.80 Å². The van der Waals surface area contributed by atoms with E-state index in [9.17, 15) is 4.79 Å². The lowest BCUT2D eigenvalue weighted by Gasteiger charge is -2.34. The smallest absolute Gasteiger partial charge is 0.271 e. The minimum absolute atomic E-state index is 0.0940. The van der Waals surface area contributed by atoms with Crippen molar-refractivity contribution in [3.05, 3.63) is 58.1 Å². The fourth-order valence-corrected chi connectivity index (χ4v) is 3.66. The normalized spacial score (nSPS) is 15.2. The molecule has 28 heavy (non-hydrogen) atoms. The second-order valence-electron chi connectivity index (χ2n) is 7.22. The van der Waals surface area contributed by atoms with E-state index in [0.29, 0.717) is 0 Å². The van der Waals surface area contributed by atoms with Crippen LogP contribution in [-0.2, 0) is 0 Å². The summed E-state index contributed by atoms with van der Waals surface area (Å²) in [5.41, 5.74) is 4.23. The van der Waals surface area contributed by atoms with Crippen molar-refractivity contribution < 1.29 is 0 Å². The molecule has 1 fully saturated rings. The van der Waals surface area contributed by atoms with Gasteiger partial charge in [-0.1, -0.05) is 25.1 Å². The molecule has 1 aliphatic rings. The molecule has 3 aromatic rings. The van der Waals surface area contributed by atoms with Gasteiger partial charge in [0.05, 0.1) is 17.1 Å². The van der Waals surface area contributed by atoms with Gasteiger partial charge in [-0.3, -0.25) is 9.89 Å². The van der Waals surface area contributed by atoms with Gasteiger partial charge in [0.15, 0.2) is 0 Å². The number of rotatable bonds is 4. The molecule has 146 valence electrons. The third kappa shape index (κ3) is 3.45. The van der Waals surface area contributed by atoms with Crippen molar-refractivity contribution in [2.75, 3.05) is 37.6 Å². The Morgan fingerprint density at radius 2 is 1.86 bits per heavy atom. The highest BCUT2D eigenvalue weighted by molar-refractivity contribution is 5.61. The van der Waals surface area contributed by atoms with Crippen molar-refractivity contribution in [3.63, 3.8) is 0 Å².